The summed E-state index contributed by atoms with van der Waals surface area (Å²) in [4.78, 5) is -0.246. The van der Waals surface area contributed by atoms with Crippen molar-refractivity contribution in [3.05, 3.63) is 54.1 Å². The zero-order chi connectivity index (χ0) is 22.4. The van der Waals surface area contributed by atoms with Gasteiger partial charge in [0.25, 0.3) is 0 Å². The molecule has 0 amide bonds. The van der Waals surface area contributed by atoms with Crippen LogP contribution in [0.5, 0.6) is 11.5 Å². The van der Waals surface area contributed by atoms with Crippen LogP contribution in [0.1, 0.15) is 89.5 Å². The van der Waals surface area contributed by atoms with Crippen LogP contribution < -0.4 is 34.3 Å². The molecular weight excluding hydrogens is 431 g/mol. The molecule has 0 N–H and O–H groups in total. The van der Waals surface area contributed by atoms with E-state index in [2.05, 4.69) is 13.0 Å². The van der Waals surface area contributed by atoms with E-state index < -0.39 is 10.1 Å². The summed E-state index contributed by atoms with van der Waals surface area (Å²) in [5, 5.41) is 0. The van der Waals surface area contributed by atoms with Gasteiger partial charge in [0.05, 0.1) is 4.90 Å². The van der Waals surface area contributed by atoms with Gasteiger partial charge >= 0.3 is 29.6 Å². The van der Waals surface area contributed by atoms with Crippen molar-refractivity contribution in [2.45, 2.75) is 95.3 Å². The van der Waals surface area contributed by atoms with Gasteiger partial charge < -0.3 is 9.29 Å². The van der Waals surface area contributed by atoms with Crippen molar-refractivity contribution in [3.8, 4) is 11.5 Å². The van der Waals surface area contributed by atoms with Crippen LogP contribution in [-0.2, 0) is 16.5 Å². The Morgan fingerprint density at radius 1 is 0.719 bits per heavy atom. The zero-order valence-electron chi connectivity index (χ0n) is 19.9. The van der Waals surface area contributed by atoms with Crippen LogP contribution in [0.15, 0.2) is 53.4 Å². The molecule has 0 spiro atoms. The molecule has 0 atom stereocenters. The number of aryl methyl sites for hydroxylation is 1. The molecule has 172 valence electrons. The summed E-state index contributed by atoms with van der Waals surface area (Å²) < 4.78 is 39.1. The molecule has 0 fully saturated rings. The third-order valence-corrected chi connectivity index (χ3v) is 6.46. The summed E-state index contributed by atoms with van der Waals surface area (Å²) in [6, 6.07) is 13.5. The molecule has 0 aliphatic heterocycles. The van der Waals surface area contributed by atoms with Gasteiger partial charge in [-0.3, -0.25) is 0 Å². The van der Waals surface area contributed by atoms with Gasteiger partial charge in [0, 0.05) is 0 Å². The summed E-state index contributed by atoms with van der Waals surface area (Å²) in [5.74, 6) is 1.30. The van der Waals surface area contributed by atoms with Crippen LogP contribution in [0.25, 0.3) is 0 Å². The minimum absolute atomic E-state index is 0. The summed E-state index contributed by atoms with van der Waals surface area (Å²) in [5.41, 5.74) is 1.15. The number of ether oxygens (including phenoxy) is 1. The van der Waals surface area contributed by atoms with E-state index in [4.69, 9.17) is 4.74 Å². The average molecular weight is 469 g/mol. The molecule has 0 saturated carbocycles. The van der Waals surface area contributed by atoms with E-state index in [0.29, 0.717) is 5.75 Å². The van der Waals surface area contributed by atoms with E-state index in [1.165, 1.54) is 94.9 Å². The van der Waals surface area contributed by atoms with Crippen LogP contribution in [0, 0.1) is 0 Å². The topological polar surface area (TPSA) is 66.4 Å². The Morgan fingerprint density at radius 2 is 1.22 bits per heavy atom. The number of benzene rings is 2. The first-order chi connectivity index (χ1) is 15.0. The Balaban J connectivity index is 0.00000512. The van der Waals surface area contributed by atoms with Gasteiger partial charge in [-0.25, -0.2) is 8.42 Å². The molecule has 2 aromatic rings. The molecule has 6 heteroatoms. The van der Waals surface area contributed by atoms with Crippen molar-refractivity contribution in [2.75, 3.05) is 0 Å². The Labute approximate surface area is 217 Å². The van der Waals surface area contributed by atoms with Gasteiger partial charge in [0.1, 0.15) is 21.6 Å². The molecule has 0 radical (unpaired) electrons. The van der Waals surface area contributed by atoms with Gasteiger partial charge in [-0.2, -0.15) is 0 Å². The maximum Gasteiger partial charge on any atom is 1.00 e. The number of hydrogen-bond acceptors (Lipinski definition) is 4. The maximum absolute atomic E-state index is 11.1. The summed E-state index contributed by atoms with van der Waals surface area (Å²) in [6.07, 6.45) is 16.9. The fourth-order valence-corrected chi connectivity index (χ4v) is 4.24. The van der Waals surface area contributed by atoms with E-state index >= 15 is 0 Å². The zero-order valence-corrected chi connectivity index (χ0v) is 22.7. The summed E-state index contributed by atoms with van der Waals surface area (Å²) >= 11 is 0. The minimum atomic E-state index is -4.44. The minimum Gasteiger partial charge on any atom is -0.744 e. The molecule has 4 nitrogen and oxygen atoms in total. The van der Waals surface area contributed by atoms with E-state index in [1.54, 1.807) is 0 Å². The van der Waals surface area contributed by atoms with E-state index in [-0.39, 0.29) is 34.5 Å². The summed E-state index contributed by atoms with van der Waals surface area (Å²) in [7, 11) is -4.44. The quantitative estimate of drug-likeness (QED) is 0.205. The first kappa shape index (κ1) is 29.2. The SMILES string of the molecule is CCCCCCCCCCCCCCc1ccccc1Oc1ccc(S(=O)(=O)[O-])cc1.[Na+]. The first-order valence-electron chi connectivity index (χ1n) is 11.8. The predicted octanol–water partition coefficient (Wildman–Crippen LogP) is 4.63. The molecule has 2 aromatic carbocycles. The molecule has 0 heterocycles. The van der Waals surface area contributed by atoms with E-state index in [1.807, 2.05) is 18.2 Å². The third kappa shape index (κ3) is 11.9. The predicted molar refractivity (Wildman–Crippen MR) is 126 cm³/mol. The van der Waals surface area contributed by atoms with Crippen molar-refractivity contribution >= 4 is 10.1 Å². The molecule has 2 rings (SSSR count). The number of rotatable bonds is 16. The smallest absolute Gasteiger partial charge is 0.744 e. The number of unbranched alkanes of at least 4 members (excludes halogenated alkanes) is 11. The van der Waals surface area contributed by atoms with Gasteiger partial charge in [0.2, 0.25) is 0 Å². The van der Waals surface area contributed by atoms with Crippen molar-refractivity contribution in [2.24, 2.45) is 0 Å². The molecule has 0 unspecified atom stereocenters. The van der Waals surface area contributed by atoms with Crippen LogP contribution >= 0.6 is 0 Å². The van der Waals surface area contributed by atoms with Crippen molar-refractivity contribution in [3.63, 3.8) is 0 Å². The van der Waals surface area contributed by atoms with Crippen LogP contribution in [0.3, 0.4) is 0 Å². The van der Waals surface area contributed by atoms with Crippen molar-refractivity contribution in [1.82, 2.24) is 0 Å². The third-order valence-electron chi connectivity index (χ3n) is 5.61. The largest absolute Gasteiger partial charge is 1.00 e. The molecule has 0 aliphatic rings. The Morgan fingerprint density at radius 3 is 1.75 bits per heavy atom. The Hall–Kier alpha value is -0.850. The van der Waals surface area contributed by atoms with Crippen molar-refractivity contribution < 1.29 is 47.3 Å². The molecule has 0 saturated heterocycles. The number of para-hydroxylation sites is 1. The van der Waals surface area contributed by atoms with Gasteiger partial charge in [0.15, 0.2) is 0 Å². The van der Waals surface area contributed by atoms with Crippen molar-refractivity contribution in [1.29, 1.82) is 0 Å². The summed E-state index contributed by atoms with van der Waals surface area (Å²) in [6.45, 7) is 2.26. The fourth-order valence-electron chi connectivity index (χ4n) is 3.77. The average Bonchev–Trinajstić information content (AvgIpc) is 2.75. The molecule has 0 bridgehead atoms. The standard InChI is InChI=1S/C26H38O4S.Na/c1-2-3-4-5-6-7-8-9-10-11-12-13-16-23-17-14-15-18-26(23)30-24-19-21-25(22-20-24)31(27,28)29;/h14-15,17-22H,2-13,16H2,1H3,(H,27,28,29);/q;+1/p-1. The second-order valence-corrected chi connectivity index (χ2v) is 9.65. The van der Waals surface area contributed by atoms with E-state index in [0.717, 1.165) is 24.2 Å². The van der Waals surface area contributed by atoms with Crippen LogP contribution in [0.2, 0.25) is 0 Å². The second kappa shape index (κ2) is 16.7. The van der Waals surface area contributed by atoms with Gasteiger partial charge in [-0.05, 0) is 48.7 Å². The molecule has 0 aromatic heterocycles. The molecule has 0 aliphatic carbocycles. The van der Waals surface area contributed by atoms with Gasteiger partial charge in [-0.1, -0.05) is 95.8 Å². The maximum atomic E-state index is 11.1. The van der Waals surface area contributed by atoms with Crippen LogP contribution in [0.4, 0.5) is 0 Å². The molecular formula is C26H37NaO4S. The van der Waals surface area contributed by atoms with Gasteiger partial charge in [-0.15, -0.1) is 0 Å². The van der Waals surface area contributed by atoms with E-state index in [9.17, 15) is 13.0 Å². The first-order valence-corrected chi connectivity index (χ1v) is 13.2. The second-order valence-electron chi connectivity index (χ2n) is 8.27. The normalized spacial score (nSPS) is 11.2. The Kier molecular flexibility index (Phi) is 15.2. The van der Waals surface area contributed by atoms with Crippen LogP contribution in [-0.4, -0.2) is 13.0 Å². The number of hydrogen-bond donors (Lipinski definition) is 0. The monoisotopic (exact) mass is 468 g/mol. The molecule has 32 heavy (non-hydrogen) atoms. The Bertz CT molecular complexity index is 850. The fraction of sp³-hybridized carbons (Fsp3) is 0.538.